The summed E-state index contributed by atoms with van der Waals surface area (Å²) in [6, 6.07) is 13.0. The first-order valence-electron chi connectivity index (χ1n) is 21.5. The normalized spacial score (nSPS) is 21.4. The highest BCUT2D eigenvalue weighted by atomic mass is 16.5. The highest BCUT2D eigenvalue weighted by Crippen LogP contribution is 2.44. The van der Waals surface area contributed by atoms with E-state index < -0.39 is 30.5 Å². The van der Waals surface area contributed by atoms with Crippen LogP contribution in [-0.2, 0) is 25.6 Å². The second kappa shape index (κ2) is 17.6. The van der Waals surface area contributed by atoms with Crippen LogP contribution in [0.1, 0.15) is 83.2 Å². The number of alkyl carbamates (subject to hydrolysis) is 2. The highest BCUT2D eigenvalue weighted by molar-refractivity contribution is 6.07. The van der Waals surface area contributed by atoms with Gasteiger partial charge in [-0.2, -0.15) is 0 Å². The van der Waals surface area contributed by atoms with Gasteiger partial charge in [0, 0.05) is 36.6 Å². The molecule has 0 aliphatic carbocycles. The number of aliphatic hydroxyl groups excluding tert-OH is 1. The number of ether oxygens (including phenoxy) is 4. The Morgan fingerprint density at radius 1 is 0.919 bits per heavy atom. The topological polar surface area (TPSA) is 196 Å². The van der Waals surface area contributed by atoms with Crippen molar-refractivity contribution in [1.29, 1.82) is 0 Å². The van der Waals surface area contributed by atoms with Gasteiger partial charge in [0.2, 0.25) is 5.91 Å². The van der Waals surface area contributed by atoms with Crippen molar-refractivity contribution >= 4 is 39.9 Å². The van der Waals surface area contributed by atoms with Gasteiger partial charge in [-0.1, -0.05) is 45.9 Å². The van der Waals surface area contributed by atoms with Gasteiger partial charge in [0.1, 0.15) is 36.3 Å². The van der Waals surface area contributed by atoms with Crippen LogP contribution >= 0.6 is 0 Å². The molecule has 3 aromatic carbocycles. The minimum Gasteiger partial charge on any atom is -0.488 e. The van der Waals surface area contributed by atoms with Gasteiger partial charge in [0.05, 0.1) is 61.9 Å². The van der Waals surface area contributed by atoms with Crippen LogP contribution in [0.4, 0.5) is 9.59 Å². The number of hydrogen-bond donors (Lipinski definition) is 5. The monoisotopic (exact) mass is 850 g/mol. The van der Waals surface area contributed by atoms with E-state index in [1.807, 2.05) is 33.8 Å². The molecule has 62 heavy (non-hydrogen) atoms. The van der Waals surface area contributed by atoms with Gasteiger partial charge in [-0.15, -0.1) is 0 Å². The molecule has 7 atom stereocenters. The van der Waals surface area contributed by atoms with E-state index in [2.05, 4.69) is 68.8 Å². The van der Waals surface area contributed by atoms with Crippen molar-refractivity contribution in [2.24, 2.45) is 17.8 Å². The van der Waals surface area contributed by atoms with E-state index in [0.29, 0.717) is 32.0 Å². The number of aromatic nitrogens is 4. The van der Waals surface area contributed by atoms with Gasteiger partial charge >= 0.3 is 12.2 Å². The first-order chi connectivity index (χ1) is 29.8. The summed E-state index contributed by atoms with van der Waals surface area (Å²) in [6.07, 6.45) is 1.98. The molecule has 3 amide bonds. The number of fused-ring (bicyclic) bond motifs is 6. The van der Waals surface area contributed by atoms with Crippen LogP contribution in [0.15, 0.2) is 48.7 Å². The number of amides is 3. The van der Waals surface area contributed by atoms with Crippen molar-refractivity contribution in [2.75, 3.05) is 34.5 Å². The van der Waals surface area contributed by atoms with E-state index in [9.17, 15) is 19.5 Å². The molecule has 5 aromatic rings. The highest BCUT2D eigenvalue weighted by Gasteiger charge is 2.43. The Labute approximate surface area is 361 Å². The maximum atomic E-state index is 14.0. The van der Waals surface area contributed by atoms with Crippen LogP contribution in [0.5, 0.6) is 5.75 Å². The number of aliphatic hydroxyl groups is 1. The Kier molecular flexibility index (Phi) is 12.2. The Morgan fingerprint density at radius 3 is 2.42 bits per heavy atom. The summed E-state index contributed by atoms with van der Waals surface area (Å²) in [5.74, 6) is 1.95. The number of nitrogens with one attached hydrogen (secondary N) is 4. The Balaban J connectivity index is 1.05. The molecule has 2 saturated heterocycles. The number of imidazole rings is 2. The number of methoxy groups -OCH3 is 3. The summed E-state index contributed by atoms with van der Waals surface area (Å²) < 4.78 is 21.6. The SMILES string of the molecule is COC[C@H]1C[C@@H](c2ncc(-c3ccc4c(c3)COc3cc5c(ccc6[nH]c([C@@H]7CC[C@H](C)N7C(O)[C@@H](NC(=O)OC)C(C)C)nc65)cc3-4)[nH]2)N(C(=O)[C@@H](NC(=O)OC)C(C)C)C1. The third-order valence-corrected chi connectivity index (χ3v) is 12.9. The lowest BCUT2D eigenvalue weighted by Crippen LogP contribution is -2.55. The largest absolute Gasteiger partial charge is 0.488 e. The van der Waals surface area contributed by atoms with E-state index in [1.54, 1.807) is 18.2 Å². The van der Waals surface area contributed by atoms with Gasteiger partial charge in [-0.25, -0.2) is 19.6 Å². The number of carbonyl (C=O) groups excluding carboxylic acids is 3. The fraction of sp³-hybridized carbons (Fsp3) is 0.500. The number of nitrogens with zero attached hydrogens (tertiary/aromatic N) is 4. The predicted octanol–water partition coefficient (Wildman–Crippen LogP) is 6.81. The molecular weight excluding hydrogens is 793 g/mol. The molecule has 0 bridgehead atoms. The average molecular weight is 851 g/mol. The minimum atomic E-state index is -0.944. The molecule has 2 aromatic heterocycles. The molecule has 0 spiro atoms. The lowest BCUT2D eigenvalue weighted by atomic mass is 9.92. The molecule has 1 unspecified atom stereocenters. The number of rotatable bonds is 12. The zero-order chi connectivity index (χ0) is 44.0. The zero-order valence-corrected chi connectivity index (χ0v) is 36.7. The zero-order valence-electron chi connectivity index (χ0n) is 36.7. The summed E-state index contributed by atoms with van der Waals surface area (Å²) in [7, 11) is 4.27. The van der Waals surface area contributed by atoms with Gasteiger partial charge in [-0.3, -0.25) is 9.69 Å². The molecule has 3 aliphatic heterocycles. The van der Waals surface area contributed by atoms with E-state index in [4.69, 9.17) is 28.9 Å². The van der Waals surface area contributed by atoms with Crippen LogP contribution in [0.3, 0.4) is 0 Å². The van der Waals surface area contributed by atoms with Crippen molar-refractivity contribution in [3.05, 3.63) is 65.9 Å². The number of likely N-dealkylation sites (tertiary alicyclic amines) is 2. The van der Waals surface area contributed by atoms with E-state index in [-0.39, 0.29) is 41.8 Å². The molecule has 2 fully saturated rings. The van der Waals surface area contributed by atoms with Crippen molar-refractivity contribution in [2.45, 2.75) is 96.9 Å². The maximum absolute atomic E-state index is 14.0. The fourth-order valence-electron chi connectivity index (χ4n) is 9.64. The van der Waals surface area contributed by atoms with Gasteiger partial charge in [0.25, 0.3) is 0 Å². The molecule has 3 aliphatic rings. The Bertz CT molecular complexity index is 2460. The van der Waals surface area contributed by atoms with E-state index in [1.165, 1.54) is 14.2 Å². The number of benzene rings is 3. The quantitative estimate of drug-likeness (QED) is 0.0885. The molecule has 0 saturated carbocycles. The number of carbonyl (C=O) groups is 3. The maximum Gasteiger partial charge on any atom is 0.407 e. The van der Waals surface area contributed by atoms with Crippen LogP contribution < -0.4 is 15.4 Å². The van der Waals surface area contributed by atoms with Crippen LogP contribution in [-0.4, -0.2) is 112 Å². The predicted molar refractivity (Wildman–Crippen MR) is 233 cm³/mol. The number of aromatic amines is 2. The van der Waals surface area contributed by atoms with Gasteiger partial charge in [0.15, 0.2) is 0 Å². The first-order valence-corrected chi connectivity index (χ1v) is 21.5. The second-order valence-electron chi connectivity index (χ2n) is 17.6. The number of hydrogen-bond acceptors (Lipinski definition) is 11. The van der Waals surface area contributed by atoms with Crippen LogP contribution in [0.2, 0.25) is 0 Å². The van der Waals surface area contributed by atoms with Gasteiger partial charge < -0.3 is 49.6 Å². The first kappa shape index (κ1) is 43.0. The molecular formula is C46H58N8O8. The number of H-pyrrole nitrogens is 2. The molecule has 0 radical (unpaired) electrons. The summed E-state index contributed by atoms with van der Waals surface area (Å²) in [5, 5.41) is 19.2. The van der Waals surface area contributed by atoms with Crippen LogP contribution in [0.25, 0.3) is 44.2 Å². The van der Waals surface area contributed by atoms with Gasteiger partial charge in [-0.05, 0) is 84.4 Å². The molecule has 5 heterocycles. The van der Waals surface area contributed by atoms with Crippen molar-refractivity contribution in [3.8, 4) is 28.1 Å². The standard InChI is InChI=1S/C46H58N8O8/c1-23(2)38(51-45(57)60-7)43(55)53-20-26(21-59-6)15-36(53)41-47-19-34(49-41)28-10-12-30-29(16-28)22-62-37-18-31-27(17-32(30)37)11-13-33-40(31)50-42(48-33)35-14-9-25(5)54(35)44(56)39(24(3)4)52-46(58)61-8/h10-13,16-19,23-26,35-36,38-39,44,56H,9,14-15,20-22H2,1-8H3,(H,47,49)(H,48,50)(H,51,57)(H,52,58)/t25-,26-,35-,36-,38-,39-,44?/m0/s1. The molecule has 8 rings (SSSR count). The summed E-state index contributed by atoms with van der Waals surface area (Å²) in [4.78, 5) is 59.2. The minimum absolute atomic E-state index is 0.0392. The molecule has 330 valence electrons. The Morgan fingerprint density at radius 2 is 1.69 bits per heavy atom. The van der Waals surface area contributed by atoms with Crippen LogP contribution in [0, 0.1) is 17.8 Å². The summed E-state index contributed by atoms with van der Waals surface area (Å²) in [5.41, 5.74) is 6.60. The lowest BCUT2D eigenvalue weighted by molar-refractivity contribution is -0.135. The summed E-state index contributed by atoms with van der Waals surface area (Å²) >= 11 is 0. The fourth-order valence-corrected chi connectivity index (χ4v) is 9.64. The van der Waals surface area contributed by atoms with Crippen molar-refractivity contribution in [3.63, 3.8) is 0 Å². The third-order valence-electron chi connectivity index (χ3n) is 12.9. The van der Waals surface area contributed by atoms with E-state index >= 15 is 0 Å². The molecule has 5 N–H and O–H groups in total. The molecule has 16 heteroatoms. The van der Waals surface area contributed by atoms with Crippen molar-refractivity contribution in [1.82, 2.24) is 40.4 Å². The molecule has 16 nitrogen and oxygen atoms in total. The van der Waals surface area contributed by atoms with Crippen molar-refractivity contribution < 1.29 is 38.4 Å². The summed E-state index contributed by atoms with van der Waals surface area (Å²) in [6.45, 7) is 11.2. The Hall–Kier alpha value is -5.71. The average Bonchev–Trinajstić information content (AvgIpc) is 4.09. The second-order valence-corrected chi connectivity index (χ2v) is 17.6. The van der Waals surface area contributed by atoms with E-state index in [0.717, 1.165) is 74.2 Å². The smallest absolute Gasteiger partial charge is 0.407 e. The third kappa shape index (κ3) is 8.06. The lowest BCUT2D eigenvalue weighted by Gasteiger charge is -2.38.